The molecule has 1 N–H and O–H groups in total. The highest BCUT2D eigenvalue weighted by Crippen LogP contribution is 2.34. The molecule has 1 saturated heterocycles. The minimum absolute atomic E-state index is 0.295. The molecule has 1 aromatic carbocycles. The van der Waals surface area contributed by atoms with Gasteiger partial charge in [-0.1, -0.05) is 6.07 Å². The maximum atomic E-state index is 10.4. The smallest absolute Gasteiger partial charge is 0.133 e. The highest BCUT2D eigenvalue weighted by Gasteiger charge is 2.23. The van der Waals surface area contributed by atoms with Gasteiger partial charge >= 0.3 is 0 Å². The molecule has 1 aromatic rings. The number of rotatable bonds is 4. The van der Waals surface area contributed by atoms with Crippen LogP contribution in [0.2, 0.25) is 0 Å². The van der Waals surface area contributed by atoms with Gasteiger partial charge in [-0.15, -0.1) is 0 Å². The lowest BCUT2D eigenvalue weighted by Crippen LogP contribution is -2.21. The number of hydrogen-bond acceptors (Lipinski definition) is 3. The molecule has 2 rings (SSSR count). The van der Waals surface area contributed by atoms with Gasteiger partial charge in [-0.05, 0) is 59.3 Å². The summed E-state index contributed by atoms with van der Waals surface area (Å²) in [6.07, 6.45) is 1.43. The van der Waals surface area contributed by atoms with E-state index in [1.54, 1.807) is 0 Å². The van der Waals surface area contributed by atoms with Crippen LogP contribution in [-0.2, 0) is 4.74 Å². The molecule has 0 spiro atoms. The van der Waals surface area contributed by atoms with Crippen molar-refractivity contribution in [2.45, 2.75) is 25.9 Å². The number of aliphatic hydroxyl groups excluding tert-OH is 1. The van der Waals surface area contributed by atoms with E-state index in [2.05, 4.69) is 15.9 Å². The largest absolute Gasteiger partial charge is 0.493 e. The van der Waals surface area contributed by atoms with Crippen molar-refractivity contribution in [1.29, 1.82) is 0 Å². The zero-order valence-electron chi connectivity index (χ0n) is 10.6. The highest BCUT2D eigenvalue weighted by molar-refractivity contribution is 9.10. The lowest BCUT2D eigenvalue weighted by atomic mass is 9.89. The number of ether oxygens (including phenoxy) is 2. The van der Waals surface area contributed by atoms with E-state index in [-0.39, 0.29) is 0 Å². The molecule has 1 aliphatic heterocycles. The molecule has 1 aliphatic rings. The summed E-state index contributed by atoms with van der Waals surface area (Å²) in [7, 11) is 0. The first kappa shape index (κ1) is 13.8. The summed E-state index contributed by atoms with van der Waals surface area (Å²) in [5, 5.41) is 10.4. The van der Waals surface area contributed by atoms with Gasteiger partial charge in [0.2, 0.25) is 0 Å². The normalized spacial score (nSPS) is 18.6. The molecule has 1 atom stereocenters. The van der Waals surface area contributed by atoms with Crippen molar-refractivity contribution in [3.05, 3.63) is 28.2 Å². The van der Waals surface area contributed by atoms with E-state index in [0.717, 1.165) is 41.8 Å². The second-order valence-electron chi connectivity index (χ2n) is 4.52. The molecule has 1 unspecified atom stereocenters. The van der Waals surface area contributed by atoms with Gasteiger partial charge in [0.25, 0.3) is 0 Å². The Hall–Kier alpha value is -0.580. The van der Waals surface area contributed by atoms with Crippen LogP contribution in [0, 0.1) is 5.92 Å². The van der Waals surface area contributed by atoms with Crippen molar-refractivity contribution in [3.8, 4) is 5.75 Å². The van der Waals surface area contributed by atoms with Crippen LogP contribution in [-0.4, -0.2) is 24.9 Å². The minimum atomic E-state index is -0.416. The summed E-state index contributed by atoms with van der Waals surface area (Å²) in [4.78, 5) is 0. The molecule has 0 radical (unpaired) electrons. The second kappa shape index (κ2) is 6.55. The van der Waals surface area contributed by atoms with Gasteiger partial charge in [0.05, 0.1) is 17.2 Å². The Kier molecular flexibility index (Phi) is 5.03. The Morgan fingerprint density at radius 2 is 2.17 bits per heavy atom. The Labute approximate surface area is 116 Å². The van der Waals surface area contributed by atoms with Gasteiger partial charge in [0.15, 0.2) is 0 Å². The number of aliphatic hydroxyl groups is 1. The zero-order valence-corrected chi connectivity index (χ0v) is 12.1. The molecule has 1 fully saturated rings. The molecular weight excluding hydrogens is 296 g/mol. The Balaban J connectivity index is 2.10. The van der Waals surface area contributed by atoms with E-state index in [1.165, 1.54) is 0 Å². The topological polar surface area (TPSA) is 38.7 Å². The third-order valence-electron chi connectivity index (χ3n) is 3.31. The zero-order chi connectivity index (χ0) is 13.0. The van der Waals surface area contributed by atoms with E-state index >= 15 is 0 Å². The van der Waals surface area contributed by atoms with E-state index in [1.807, 2.05) is 25.1 Å². The monoisotopic (exact) mass is 314 g/mol. The first-order valence-electron chi connectivity index (χ1n) is 6.40. The van der Waals surface area contributed by atoms with Gasteiger partial charge in [-0.2, -0.15) is 0 Å². The Morgan fingerprint density at radius 1 is 1.44 bits per heavy atom. The van der Waals surface area contributed by atoms with Crippen molar-refractivity contribution in [2.24, 2.45) is 5.92 Å². The molecule has 0 saturated carbocycles. The fourth-order valence-corrected chi connectivity index (χ4v) is 2.79. The molecule has 0 bridgehead atoms. The van der Waals surface area contributed by atoms with Crippen LogP contribution in [0.15, 0.2) is 22.7 Å². The van der Waals surface area contributed by atoms with Crippen LogP contribution in [0.3, 0.4) is 0 Å². The van der Waals surface area contributed by atoms with Gasteiger partial charge in [-0.25, -0.2) is 0 Å². The molecule has 0 amide bonds. The van der Waals surface area contributed by atoms with Crippen molar-refractivity contribution >= 4 is 15.9 Å². The summed E-state index contributed by atoms with van der Waals surface area (Å²) in [5.41, 5.74) is 0.942. The quantitative estimate of drug-likeness (QED) is 0.926. The van der Waals surface area contributed by atoms with E-state index in [9.17, 15) is 5.11 Å². The molecule has 0 aliphatic carbocycles. The maximum absolute atomic E-state index is 10.4. The SMILES string of the molecule is CCOc1ccc(C(O)C2CCOCC2)cc1Br. The number of halogens is 1. The summed E-state index contributed by atoms with van der Waals surface area (Å²) in [5.74, 6) is 1.11. The van der Waals surface area contributed by atoms with Crippen LogP contribution in [0.1, 0.15) is 31.4 Å². The van der Waals surface area contributed by atoms with Gasteiger partial charge in [0, 0.05) is 13.2 Å². The lowest BCUT2D eigenvalue weighted by Gasteiger charge is -2.27. The third-order valence-corrected chi connectivity index (χ3v) is 3.93. The van der Waals surface area contributed by atoms with Crippen LogP contribution < -0.4 is 4.74 Å². The number of hydrogen-bond donors (Lipinski definition) is 1. The van der Waals surface area contributed by atoms with Gasteiger partial charge in [-0.3, -0.25) is 0 Å². The van der Waals surface area contributed by atoms with Crippen LogP contribution in [0.4, 0.5) is 0 Å². The molecule has 0 aromatic heterocycles. The summed E-state index contributed by atoms with van der Waals surface area (Å²) < 4.78 is 11.7. The van der Waals surface area contributed by atoms with Crippen LogP contribution in [0.5, 0.6) is 5.75 Å². The predicted octanol–water partition coefficient (Wildman–Crippen LogP) is 3.31. The first-order valence-corrected chi connectivity index (χ1v) is 7.19. The second-order valence-corrected chi connectivity index (χ2v) is 5.37. The third kappa shape index (κ3) is 3.25. The summed E-state index contributed by atoms with van der Waals surface area (Å²) >= 11 is 3.48. The van der Waals surface area contributed by atoms with Gasteiger partial charge in [0.1, 0.15) is 5.75 Å². The molecule has 100 valence electrons. The lowest BCUT2D eigenvalue weighted by molar-refractivity contribution is 0.00715. The fourth-order valence-electron chi connectivity index (χ4n) is 2.28. The van der Waals surface area contributed by atoms with Crippen molar-refractivity contribution in [1.82, 2.24) is 0 Å². The highest BCUT2D eigenvalue weighted by atomic mass is 79.9. The predicted molar refractivity (Wildman–Crippen MR) is 73.8 cm³/mol. The van der Waals surface area contributed by atoms with Crippen LogP contribution in [0.25, 0.3) is 0 Å². The van der Waals surface area contributed by atoms with Crippen LogP contribution >= 0.6 is 15.9 Å². The Bertz CT molecular complexity index is 389. The van der Waals surface area contributed by atoms with E-state index < -0.39 is 6.10 Å². The average Bonchev–Trinajstić information content (AvgIpc) is 2.41. The van der Waals surface area contributed by atoms with E-state index in [0.29, 0.717) is 12.5 Å². The van der Waals surface area contributed by atoms with E-state index in [4.69, 9.17) is 9.47 Å². The standard InChI is InChI=1S/C14H19BrO3/c1-2-18-13-4-3-11(9-12(13)15)14(16)10-5-7-17-8-6-10/h3-4,9-10,14,16H,2,5-8H2,1H3. The molecule has 4 heteroatoms. The minimum Gasteiger partial charge on any atom is -0.493 e. The molecule has 18 heavy (non-hydrogen) atoms. The first-order chi connectivity index (χ1) is 8.72. The number of benzene rings is 1. The maximum Gasteiger partial charge on any atom is 0.133 e. The van der Waals surface area contributed by atoms with Crippen molar-refractivity contribution in [2.75, 3.05) is 19.8 Å². The summed E-state index contributed by atoms with van der Waals surface area (Å²) in [6, 6.07) is 5.80. The Morgan fingerprint density at radius 3 is 2.78 bits per heavy atom. The molecule has 1 heterocycles. The average molecular weight is 315 g/mol. The summed E-state index contributed by atoms with van der Waals surface area (Å²) in [6.45, 7) is 4.09. The van der Waals surface area contributed by atoms with Crippen molar-refractivity contribution in [3.63, 3.8) is 0 Å². The van der Waals surface area contributed by atoms with Gasteiger partial charge < -0.3 is 14.6 Å². The fraction of sp³-hybridized carbons (Fsp3) is 0.571. The van der Waals surface area contributed by atoms with Crippen molar-refractivity contribution < 1.29 is 14.6 Å². The molecular formula is C14H19BrO3. The molecule has 3 nitrogen and oxygen atoms in total.